The van der Waals surface area contributed by atoms with Crippen LogP contribution in [0.2, 0.25) is 5.02 Å². The van der Waals surface area contributed by atoms with Gasteiger partial charge in [0.25, 0.3) is 0 Å². The van der Waals surface area contributed by atoms with Gasteiger partial charge in [-0.3, -0.25) is 0 Å². The topological polar surface area (TPSA) is 35.2 Å². The zero-order chi connectivity index (χ0) is 13.7. The molecule has 0 aliphatic carbocycles. The first-order valence-electron chi connectivity index (χ1n) is 6.06. The average Bonchev–Trinajstić information content (AvgIpc) is 2.40. The molecule has 0 radical (unpaired) electrons. The third-order valence-electron chi connectivity index (χ3n) is 2.79. The van der Waals surface area contributed by atoms with Crippen molar-refractivity contribution in [3.05, 3.63) is 63.1 Å². The molecule has 0 unspecified atom stereocenters. The number of nitrogens with two attached hydrogens (primary N) is 1. The average molecular weight is 341 g/mol. The number of ether oxygens (including phenoxy) is 1. The molecule has 0 atom stereocenters. The first-order valence-corrected chi connectivity index (χ1v) is 7.23. The van der Waals surface area contributed by atoms with Crippen molar-refractivity contribution in [1.29, 1.82) is 0 Å². The molecule has 4 heteroatoms. The number of rotatable bonds is 5. The molecule has 0 aliphatic rings. The molecule has 19 heavy (non-hydrogen) atoms. The molecule has 2 rings (SSSR count). The van der Waals surface area contributed by atoms with Crippen LogP contribution in [0.1, 0.15) is 11.1 Å². The molecule has 2 aromatic carbocycles. The number of hydrogen-bond donors (Lipinski definition) is 1. The third-order valence-corrected chi connectivity index (χ3v) is 3.86. The molecule has 0 bridgehead atoms. The number of para-hydroxylation sites is 1. The van der Waals surface area contributed by atoms with Gasteiger partial charge in [0, 0.05) is 10.0 Å². The predicted octanol–water partition coefficient (Wildman–Crippen LogP) is 4.18. The van der Waals surface area contributed by atoms with Gasteiger partial charge in [-0.25, -0.2) is 0 Å². The highest BCUT2D eigenvalue weighted by Crippen LogP contribution is 2.30. The maximum Gasteiger partial charge on any atom is 0.141 e. The van der Waals surface area contributed by atoms with E-state index in [1.165, 1.54) is 0 Å². The van der Waals surface area contributed by atoms with Crippen molar-refractivity contribution >= 4 is 27.5 Å². The summed E-state index contributed by atoms with van der Waals surface area (Å²) in [5, 5.41) is 0.623. The van der Waals surface area contributed by atoms with Crippen molar-refractivity contribution in [2.75, 3.05) is 6.54 Å². The fraction of sp³-hybridized carbons (Fsp3) is 0.200. The zero-order valence-corrected chi connectivity index (χ0v) is 12.7. The Morgan fingerprint density at radius 1 is 1.05 bits per heavy atom. The van der Waals surface area contributed by atoms with E-state index in [1.54, 1.807) is 0 Å². The molecular formula is C15H15BrClNO. The van der Waals surface area contributed by atoms with Gasteiger partial charge < -0.3 is 10.5 Å². The van der Waals surface area contributed by atoms with Gasteiger partial charge in [-0.2, -0.15) is 0 Å². The van der Waals surface area contributed by atoms with Crippen LogP contribution in [0.5, 0.6) is 5.75 Å². The lowest BCUT2D eigenvalue weighted by molar-refractivity contribution is 0.302. The molecule has 0 fully saturated rings. The molecule has 0 aromatic heterocycles. The van der Waals surface area contributed by atoms with Crippen LogP contribution in [0.15, 0.2) is 46.9 Å². The van der Waals surface area contributed by atoms with Crippen molar-refractivity contribution < 1.29 is 4.74 Å². The maximum absolute atomic E-state index is 6.19. The Morgan fingerprint density at radius 2 is 1.79 bits per heavy atom. The normalized spacial score (nSPS) is 10.5. The Labute approximate surface area is 126 Å². The minimum Gasteiger partial charge on any atom is -0.487 e. The summed E-state index contributed by atoms with van der Waals surface area (Å²) >= 11 is 9.70. The van der Waals surface area contributed by atoms with Crippen LogP contribution in [-0.2, 0) is 13.0 Å². The van der Waals surface area contributed by atoms with Gasteiger partial charge in [0.1, 0.15) is 12.4 Å². The number of benzene rings is 2. The summed E-state index contributed by atoms with van der Waals surface area (Å²) in [6, 6.07) is 13.7. The van der Waals surface area contributed by atoms with Crippen molar-refractivity contribution in [2.24, 2.45) is 5.73 Å². The maximum atomic E-state index is 6.19. The van der Waals surface area contributed by atoms with Crippen LogP contribution in [-0.4, -0.2) is 6.54 Å². The van der Waals surface area contributed by atoms with Crippen LogP contribution in [0.3, 0.4) is 0 Å². The Balaban J connectivity index is 2.17. The van der Waals surface area contributed by atoms with Crippen LogP contribution < -0.4 is 10.5 Å². The monoisotopic (exact) mass is 339 g/mol. The van der Waals surface area contributed by atoms with Gasteiger partial charge in [0.05, 0.1) is 5.02 Å². The molecule has 0 heterocycles. The Kier molecular flexibility index (Phi) is 5.25. The van der Waals surface area contributed by atoms with Gasteiger partial charge in [0.15, 0.2) is 0 Å². The van der Waals surface area contributed by atoms with Gasteiger partial charge >= 0.3 is 0 Å². The summed E-state index contributed by atoms with van der Waals surface area (Å²) in [7, 11) is 0. The van der Waals surface area contributed by atoms with E-state index in [1.807, 2.05) is 42.5 Å². The number of halogens is 2. The second-order valence-corrected chi connectivity index (χ2v) is 5.41. The van der Waals surface area contributed by atoms with E-state index in [0.29, 0.717) is 18.2 Å². The van der Waals surface area contributed by atoms with Crippen LogP contribution in [0.4, 0.5) is 0 Å². The predicted molar refractivity (Wildman–Crippen MR) is 82.7 cm³/mol. The zero-order valence-electron chi connectivity index (χ0n) is 10.4. The highest BCUT2D eigenvalue weighted by atomic mass is 79.9. The molecule has 0 saturated carbocycles. The molecule has 0 amide bonds. The highest BCUT2D eigenvalue weighted by molar-refractivity contribution is 9.10. The van der Waals surface area contributed by atoms with E-state index in [9.17, 15) is 0 Å². The van der Waals surface area contributed by atoms with E-state index in [-0.39, 0.29) is 0 Å². The van der Waals surface area contributed by atoms with E-state index in [4.69, 9.17) is 22.1 Å². The SMILES string of the molecule is NCCc1cccc(Cl)c1OCc1ccccc1Br. The Bertz CT molecular complexity index is 560. The molecule has 0 aliphatic heterocycles. The fourth-order valence-electron chi connectivity index (χ4n) is 1.83. The highest BCUT2D eigenvalue weighted by Gasteiger charge is 2.09. The molecule has 2 N–H and O–H groups in total. The van der Waals surface area contributed by atoms with Gasteiger partial charge in [-0.15, -0.1) is 0 Å². The van der Waals surface area contributed by atoms with Gasteiger partial charge in [0.2, 0.25) is 0 Å². The standard InChI is InChI=1S/C15H15BrClNO/c16-13-6-2-1-4-12(13)10-19-15-11(8-9-18)5-3-7-14(15)17/h1-7H,8-10,18H2. The quantitative estimate of drug-likeness (QED) is 0.886. The van der Waals surface area contributed by atoms with E-state index in [0.717, 1.165) is 27.8 Å². The van der Waals surface area contributed by atoms with Crippen LogP contribution >= 0.6 is 27.5 Å². The third kappa shape index (κ3) is 3.72. The molecule has 2 nitrogen and oxygen atoms in total. The second kappa shape index (κ2) is 6.94. The smallest absolute Gasteiger partial charge is 0.141 e. The molecule has 100 valence electrons. The first-order chi connectivity index (χ1) is 9.22. The lowest BCUT2D eigenvalue weighted by Crippen LogP contribution is -2.06. The molecule has 0 saturated heterocycles. The molecular weight excluding hydrogens is 326 g/mol. The van der Waals surface area contributed by atoms with Crippen molar-refractivity contribution in [3.8, 4) is 5.75 Å². The number of hydrogen-bond acceptors (Lipinski definition) is 2. The molecule has 0 spiro atoms. The fourth-order valence-corrected chi connectivity index (χ4v) is 2.48. The van der Waals surface area contributed by atoms with Gasteiger partial charge in [-0.05, 0) is 30.7 Å². The summed E-state index contributed by atoms with van der Waals surface area (Å²) in [4.78, 5) is 0. The van der Waals surface area contributed by atoms with Crippen LogP contribution in [0.25, 0.3) is 0 Å². The summed E-state index contributed by atoms with van der Waals surface area (Å²) in [6.07, 6.45) is 0.756. The first kappa shape index (κ1) is 14.4. The van der Waals surface area contributed by atoms with Crippen molar-refractivity contribution in [3.63, 3.8) is 0 Å². The minimum atomic E-state index is 0.475. The summed E-state index contributed by atoms with van der Waals surface area (Å²) in [5.41, 5.74) is 7.73. The van der Waals surface area contributed by atoms with Crippen molar-refractivity contribution in [1.82, 2.24) is 0 Å². The minimum absolute atomic E-state index is 0.475. The van der Waals surface area contributed by atoms with Crippen LogP contribution in [0, 0.1) is 0 Å². The van der Waals surface area contributed by atoms with Crippen molar-refractivity contribution in [2.45, 2.75) is 13.0 Å². The summed E-state index contributed by atoms with van der Waals surface area (Å²) in [5.74, 6) is 0.727. The Morgan fingerprint density at radius 3 is 2.53 bits per heavy atom. The van der Waals surface area contributed by atoms with E-state index < -0.39 is 0 Å². The van der Waals surface area contributed by atoms with E-state index in [2.05, 4.69) is 15.9 Å². The molecule has 2 aromatic rings. The van der Waals surface area contributed by atoms with E-state index >= 15 is 0 Å². The summed E-state index contributed by atoms with van der Waals surface area (Å²) < 4.78 is 6.90. The second-order valence-electron chi connectivity index (χ2n) is 4.15. The van der Waals surface area contributed by atoms with Gasteiger partial charge in [-0.1, -0.05) is 57.9 Å². The largest absolute Gasteiger partial charge is 0.487 e. The Hall–Kier alpha value is -1.03. The summed E-state index contributed by atoms with van der Waals surface area (Å²) in [6.45, 7) is 1.05. The lowest BCUT2D eigenvalue weighted by Gasteiger charge is -2.13. The lowest BCUT2D eigenvalue weighted by atomic mass is 10.1.